The summed E-state index contributed by atoms with van der Waals surface area (Å²) in [6.07, 6.45) is 7.60. The van der Waals surface area contributed by atoms with Crippen LogP contribution in [-0.2, 0) is 11.2 Å². The molecule has 1 aliphatic heterocycles. The van der Waals surface area contributed by atoms with E-state index in [1.54, 1.807) is 0 Å². The molecule has 1 saturated heterocycles. The predicted molar refractivity (Wildman–Crippen MR) is 104 cm³/mol. The minimum absolute atomic E-state index is 0.120. The van der Waals surface area contributed by atoms with E-state index in [0.29, 0.717) is 18.9 Å². The molecule has 1 N–H and O–H groups in total. The van der Waals surface area contributed by atoms with Crippen molar-refractivity contribution < 1.29 is 4.79 Å². The summed E-state index contributed by atoms with van der Waals surface area (Å²) in [4.78, 5) is 14.7. The molecule has 1 aliphatic rings. The Morgan fingerprint density at radius 3 is 2.73 bits per heavy atom. The fourth-order valence-corrected chi connectivity index (χ4v) is 3.42. The number of carbonyl (C=O) groups is 1. The van der Waals surface area contributed by atoms with Gasteiger partial charge in [0.05, 0.1) is 11.9 Å². The maximum atomic E-state index is 12.2. The number of nitrogens with one attached hydrogen (secondary N) is 1. The van der Waals surface area contributed by atoms with Crippen LogP contribution in [0.25, 0.3) is 5.69 Å². The average molecular weight is 354 g/mol. The van der Waals surface area contributed by atoms with Gasteiger partial charge < -0.3 is 5.32 Å². The number of para-hydroxylation sites is 1. The largest absolute Gasteiger partial charge is 0.355 e. The van der Waals surface area contributed by atoms with Gasteiger partial charge in [-0.2, -0.15) is 5.10 Å². The van der Waals surface area contributed by atoms with Gasteiger partial charge in [0.25, 0.3) is 0 Å². The lowest BCUT2D eigenvalue weighted by Gasteiger charge is -2.35. The van der Waals surface area contributed by atoms with Crippen LogP contribution in [0.15, 0.2) is 42.7 Å². The van der Waals surface area contributed by atoms with Gasteiger partial charge in [-0.05, 0) is 62.9 Å². The summed E-state index contributed by atoms with van der Waals surface area (Å²) in [6, 6.07) is 10.4. The highest BCUT2D eigenvalue weighted by molar-refractivity contribution is 5.76. The second-order valence-electron chi connectivity index (χ2n) is 7.50. The van der Waals surface area contributed by atoms with Crippen molar-refractivity contribution in [3.8, 4) is 5.69 Å². The zero-order valence-electron chi connectivity index (χ0n) is 15.9. The number of hydrogen-bond donors (Lipinski definition) is 1. The van der Waals surface area contributed by atoms with Gasteiger partial charge in [0.15, 0.2) is 0 Å². The van der Waals surface area contributed by atoms with E-state index in [9.17, 15) is 4.79 Å². The molecule has 5 nitrogen and oxygen atoms in total. The molecule has 0 saturated carbocycles. The lowest BCUT2D eigenvalue weighted by Crippen LogP contribution is -2.45. The highest BCUT2D eigenvalue weighted by Crippen LogP contribution is 2.17. The zero-order chi connectivity index (χ0) is 18.4. The van der Waals surface area contributed by atoms with E-state index in [2.05, 4.69) is 29.2 Å². The molecule has 0 radical (unpaired) electrons. The molecule has 2 heterocycles. The number of amides is 1. The Kier molecular flexibility index (Phi) is 6.45. The van der Waals surface area contributed by atoms with E-state index in [1.807, 2.05) is 47.4 Å². The third kappa shape index (κ3) is 5.18. The molecule has 3 rings (SSSR count). The Morgan fingerprint density at radius 1 is 1.27 bits per heavy atom. The number of piperidine rings is 1. The third-order valence-electron chi connectivity index (χ3n) is 5.33. The number of carbonyl (C=O) groups excluding carboxylic acids is 1. The van der Waals surface area contributed by atoms with Crippen molar-refractivity contribution in [1.82, 2.24) is 20.0 Å². The molecule has 1 fully saturated rings. The maximum Gasteiger partial charge on any atom is 0.220 e. The van der Waals surface area contributed by atoms with Crippen LogP contribution in [0.5, 0.6) is 0 Å². The topological polar surface area (TPSA) is 50.2 Å². The molecule has 2 aromatic rings. The predicted octanol–water partition coefficient (Wildman–Crippen LogP) is 3.04. The van der Waals surface area contributed by atoms with Gasteiger partial charge in [-0.25, -0.2) is 4.68 Å². The van der Waals surface area contributed by atoms with Gasteiger partial charge in [0, 0.05) is 25.2 Å². The number of rotatable bonds is 7. The Hall–Kier alpha value is -2.14. The van der Waals surface area contributed by atoms with Crippen LogP contribution in [0.3, 0.4) is 0 Å². The van der Waals surface area contributed by atoms with Crippen LogP contribution in [0.2, 0.25) is 0 Å². The highest BCUT2D eigenvalue weighted by Gasteiger charge is 2.20. The van der Waals surface area contributed by atoms with Gasteiger partial charge in [-0.1, -0.05) is 25.1 Å². The average Bonchev–Trinajstić information content (AvgIpc) is 3.15. The number of likely N-dealkylation sites (tertiary alicyclic amines) is 1. The third-order valence-corrected chi connectivity index (χ3v) is 5.33. The minimum atomic E-state index is 0.120. The second-order valence-corrected chi connectivity index (χ2v) is 7.50. The number of aryl methyl sites for hydroxylation is 1. The van der Waals surface area contributed by atoms with Crippen LogP contribution in [0.4, 0.5) is 0 Å². The molecule has 0 aliphatic carbocycles. The first kappa shape index (κ1) is 18.6. The maximum absolute atomic E-state index is 12.2. The van der Waals surface area contributed by atoms with Crippen molar-refractivity contribution in [2.45, 2.75) is 45.6 Å². The molecule has 1 atom stereocenters. The molecule has 1 amide bonds. The molecule has 1 aromatic heterocycles. The molecular weight excluding hydrogens is 324 g/mol. The summed E-state index contributed by atoms with van der Waals surface area (Å²) >= 11 is 0. The molecule has 1 aromatic carbocycles. The van der Waals surface area contributed by atoms with Gasteiger partial charge in [-0.15, -0.1) is 0 Å². The molecule has 1 unspecified atom stereocenters. The smallest absolute Gasteiger partial charge is 0.220 e. The van der Waals surface area contributed by atoms with E-state index in [-0.39, 0.29) is 5.91 Å². The van der Waals surface area contributed by atoms with Gasteiger partial charge >= 0.3 is 0 Å². The summed E-state index contributed by atoms with van der Waals surface area (Å²) in [6.45, 7) is 7.56. The summed E-state index contributed by atoms with van der Waals surface area (Å²) < 4.78 is 1.85. The van der Waals surface area contributed by atoms with E-state index in [0.717, 1.165) is 36.8 Å². The van der Waals surface area contributed by atoms with E-state index >= 15 is 0 Å². The number of hydrogen-bond acceptors (Lipinski definition) is 3. The minimum Gasteiger partial charge on any atom is -0.355 e. The Bertz CT molecular complexity index is 689. The van der Waals surface area contributed by atoms with Crippen molar-refractivity contribution in [2.24, 2.45) is 5.92 Å². The van der Waals surface area contributed by atoms with Crippen LogP contribution in [0, 0.1) is 5.92 Å². The first-order valence-corrected chi connectivity index (χ1v) is 9.71. The monoisotopic (exact) mass is 354 g/mol. The standard InChI is InChI=1S/C21H30N4O/c1-17-10-12-24(13-11-17)18(2)14-22-21(26)9-8-19-15-23-25(16-19)20-6-4-3-5-7-20/h3-7,15-18H,8-14H2,1-2H3,(H,22,26). The summed E-state index contributed by atoms with van der Waals surface area (Å²) in [5, 5.41) is 7.48. The Balaban J connectivity index is 1.40. The number of nitrogens with zero attached hydrogens (tertiary/aromatic N) is 3. The van der Waals surface area contributed by atoms with Crippen molar-refractivity contribution in [3.63, 3.8) is 0 Å². The Morgan fingerprint density at radius 2 is 2.00 bits per heavy atom. The summed E-state index contributed by atoms with van der Waals surface area (Å²) in [5.74, 6) is 0.958. The quantitative estimate of drug-likeness (QED) is 0.831. The van der Waals surface area contributed by atoms with Crippen molar-refractivity contribution in [2.75, 3.05) is 19.6 Å². The van der Waals surface area contributed by atoms with Gasteiger partial charge in [0.1, 0.15) is 0 Å². The number of aromatic nitrogens is 2. The lowest BCUT2D eigenvalue weighted by atomic mass is 9.98. The van der Waals surface area contributed by atoms with Crippen molar-refractivity contribution >= 4 is 5.91 Å². The fourth-order valence-electron chi connectivity index (χ4n) is 3.42. The van der Waals surface area contributed by atoms with Crippen LogP contribution < -0.4 is 5.32 Å². The highest BCUT2D eigenvalue weighted by atomic mass is 16.1. The van der Waals surface area contributed by atoms with Crippen molar-refractivity contribution in [1.29, 1.82) is 0 Å². The van der Waals surface area contributed by atoms with Gasteiger partial charge in [-0.3, -0.25) is 9.69 Å². The number of benzene rings is 1. The zero-order valence-corrected chi connectivity index (χ0v) is 15.9. The molecular formula is C21H30N4O. The first-order chi connectivity index (χ1) is 12.6. The van der Waals surface area contributed by atoms with E-state index in [1.165, 1.54) is 12.8 Å². The normalized spacial score (nSPS) is 17.2. The Labute approximate surface area is 156 Å². The van der Waals surface area contributed by atoms with Crippen LogP contribution >= 0.6 is 0 Å². The van der Waals surface area contributed by atoms with Crippen molar-refractivity contribution in [3.05, 3.63) is 48.3 Å². The summed E-state index contributed by atoms with van der Waals surface area (Å²) in [7, 11) is 0. The van der Waals surface area contributed by atoms with Gasteiger partial charge in [0.2, 0.25) is 5.91 Å². The van der Waals surface area contributed by atoms with Crippen LogP contribution in [-0.4, -0.2) is 46.3 Å². The molecule has 140 valence electrons. The lowest BCUT2D eigenvalue weighted by molar-refractivity contribution is -0.121. The SMILES string of the molecule is CC1CCN(C(C)CNC(=O)CCc2cnn(-c3ccccc3)c2)CC1. The molecule has 0 bridgehead atoms. The second kappa shape index (κ2) is 8.99. The molecule has 5 heteroatoms. The molecule has 0 spiro atoms. The van der Waals surface area contributed by atoms with E-state index in [4.69, 9.17) is 0 Å². The first-order valence-electron chi connectivity index (χ1n) is 9.71. The molecule has 26 heavy (non-hydrogen) atoms. The fraction of sp³-hybridized carbons (Fsp3) is 0.524. The van der Waals surface area contributed by atoms with Crippen LogP contribution in [0.1, 0.15) is 38.7 Å². The van der Waals surface area contributed by atoms with E-state index < -0.39 is 0 Å². The summed E-state index contributed by atoms with van der Waals surface area (Å²) in [5.41, 5.74) is 2.12.